The van der Waals surface area contributed by atoms with Crippen molar-refractivity contribution in [3.8, 4) is 0 Å². The van der Waals surface area contributed by atoms with Crippen molar-refractivity contribution in [3.05, 3.63) is 46.7 Å². The molecule has 0 unspecified atom stereocenters. The SMILES string of the molecule is CCc1nc(C(N)=O)c(Nc2cc(F)cc(CCN)c2)nc1C1CC1. The number of aromatic nitrogens is 2. The molecule has 0 aliphatic heterocycles. The van der Waals surface area contributed by atoms with Gasteiger partial charge in [0.05, 0.1) is 11.4 Å². The Morgan fingerprint density at radius 3 is 2.68 bits per heavy atom. The minimum atomic E-state index is -0.661. The number of carbonyl (C=O) groups is 1. The van der Waals surface area contributed by atoms with Crippen LogP contribution in [-0.2, 0) is 12.8 Å². The van der Waals surface area contributed by atoms with Crippen LogP contribution in [0.1, 0.15) is 53.1 Å². The number of halogens is 1. The zero-order valence-electron chi connectivity index (χ0n) is 14.2. The van der Waals surface area contributed by atoms with Crippen LogP contribution in [0.5, 0.6) is 0 Å². The van der Waals surface area contributed by atoms with E-state index in [1.54, 1.807) is 6.07 Å². The third-order valence-electron chi connectivity index (χ3n) is 4.18. The van der Waals surface area contributed by atoms with Crippen LogP contribution >= 0.6 is 0 Å². The fourth-order valence-electron chi connectivity index (χ4n) is 2.86. The van der Waals surface area contributed by atoms with Gasteiger partial charge in [0, 0.05) is 11.6 Å². The van der Waals surface area contributed by atoms with Gasteiger partial charge in [-0.1, -0.05) is 6.92 Å². The number of benzene rings is 1. The van der Waals surface area contributed by atoms with Crippen LogP contribution in [0.3, 0.4) is 0 Å². The summed E-state index contributed by atoms with van der Waals surface area (Å²) in [4.78, 5) is 20.8. The van der Waals surface area contributed by atoms with Gasteiger partial charge in [0.25, 0.3) is 5.91 Å². The molecule has 6 nitrogen and oxygen atoms in total. The summed E-state index contributed by atoms with van der Waals surface area (Å²) in [5.74, 6) is -0.388. The summed E-state index contributed by atoms with van der Waals surface area (Å²) in [7, 11) is 0. The Balaban J connectivity index is 2.01. The molecule has 1 aromatic carbocycles. The van der Waals surface area contributed by atoms with E-state index >= 15 is 0 Å². The van der Waals surface area contributed by atoms with Gasteiger partial charge in [-0.25, -0.2) is 14.4 Å². The monoisotopic (exact) mass is 343 g/mol. The van der Waals surface area contributed by atoms with E-state index in [-0.39, 0.29) is 17.3 Å². The number of primary amides is 1. The standard InChI is InChI=1S/C18H22FN5O/c1-2-14-15(11-3-4-11)24-18(16(23-14)17(21)25)22-13-8-10(5-6-20)7-12(19)9-13/h7-9,11H,2-6,20H2,1H3,(H2,21,25)(H,22,24). The number of nitrogens with one attached hydrogen (secondary N) is 1. The van der Waals surface area contributed by atoms with Gasteiger partial charge in [-0.05, 0) is 56.0 Å². The molecule has 0 atom stereocenters. The smallest absolute Gasteiger partial charge is 0.271 e. The van der Waals surface area contributed by atoms with Gasteiger partial charge in [-0.3, -0.25) is 4.79 Å². The van der Waals surface area contributed by atoms with Crippen molar-refractivity contribution in [1.29, 1.82) is 0 Å². The average Bonchev–Trinajstić information content (AvgIpc) is 3.38. The van der Waals surface area contributed by atoms with Gasteiger partial charge in [0.1, 0.15) is 5.82 Å². The topological polar surface area (TPSA) is 107 Å². The highest BCUT2D eigenvalue weighted by Gasteiger charge is 2.30. The second-order valence-electron chi connectivity index (χ2n) is 6.26. The normalized spacial score (nSPS) is 13.7. The number of rotatable bonds is 7. The van der Waals surface area contributed by atoms with E-state index in [1.165, 1.54) is 12.1 Å². The van der Waals surface area contributed by atoms with E-state index in [0.717, 1.165) is 29.8 Å². The van der Waals surface area contributed by atoms with E-state index < -0.39 is 5.91 Å². The van der Waals surface area contributed by atoms with E-state index in [4.69, 9.17) is 11.5 Å². The molecule has 1 fully saturated rings. The van der Waals surface area contributed by atoms with Gasteiger partial charge in [0.15, 0.2) is 11.5 Å². The Kier molecular flexibility index (Phi) is 4.94. The third-order valence-corrected chi connectivity index (χ3v) is 4.18. The zero-order valence-corrected chi connectivity index (χ0v) is 14.2. The van der Waals surface area contributed by atoms with Crippen molar-refractivity contribution >= 4 is 17.4 Å². The van der Waals surface area contributed by atoms with Crippen LogP contribution in [0.15, 0.2) is 18.2 Å². The molecule has 1 heterocycles. The quantitative estimate of drug-likeness (QED) is 0.715. The van der Waals surface area contributed by atoms with Crippen LogP contribution in [0.25, 0.3) is 0 Å². The molecule has 1 aliphatic rings. The summed E-state index contributed by atoms with van der Waals surface area (Å²) >= 11 is 0. The lowest BCUT2D eigenvalue weighted by Gasteiger charge is -2.14. The molecule has 1 aliphatic carbocycles. The van der Waals surface area contributed by atoms with E-state index in [2.05, 4.69) is 15.3 Å². The molecule has 1 saturated carbocycles. The van der Waals surface area contributed by atoms with Crippen molar-refractivity contribution in [2.24, 2.45) is 11.5 Å². The van der Waals surface area contributed by atoms with E-state index in [9.17, 15) is 9.18 Å². The van der Waals surface area contributed by atoms with E-state index in [1.807, 2.05) is 6.92 Å². The fourth-order valence-corrected chi connectivity index (χ4v) is 2.86. The van der Waals surface area contributed by atoms with Gasteiger partial charge in [0.2, 0.25) is 0 Å². The number of hydrogen-bond acceptors (Lipinski definition) is 5. The maximum absolute atomic E-state index is 13.8. The molecule has 3 rings (SSSR count). The number of amides is 1. The molecule has 25 heavy (non-hydrogen) atoms. The molecular weight excluding hydrogens is 321 g/mol. The number of aryl methyl sites for hydroxylation is 1. The van der Waals surface area contributed by atoms with Crippen molar-refractivity contribution in [2.75, 3.05) is 11.9 Å². The largest absolute Gasteiger partial charge is 0.364 e. The first kappa shape index (κ1) is 17.3. The maximum atomic E-state index is 13.8. The molecule has 0 radical (unpaired) electrons. The molecule has 0 spiro atoms. The van der Waals surface area contributed by atoms with Crippen LogP contribution in [-0.4, -0.2) is 22.4 Å². The molecule has 0 bridgehead atoms. The van der Waals surface area contributed by atoms with Crippen molar-refractivity contribution in [1.82, 2.24) is 9.97 Å². The lowest BCUT2D eigenvalue weighted by molar-refractivity contribution is 0.0996. The van der Waals surface area contributed by atoms with E-state index in [0.29, 0.717) is 31.0 Å². The first-order chi connectivity index (χ1) is 12.0. The lowest BCUT2D eigenvalue weighted by atomic mass is 10.1. The second-order valence-corrected chi connectivity index (χ2v) is 6.26. The number of nitrogens with zero attached hydrogens (tertiary/aromatic N) is 2. The number of nitrogens with two attached hydrogens (primary N) is 2. The van der Waals surface area contributed by atoms with Crippen molar-refractivity contribution in [2.45, 2.75) is 38.5 Å². The molecule has 5 N–H and O–H groups in total. The number of hydrogen-bond donors (Lipinski definition) is 3. The van der Waals surface area contributed by atoms with Crippen LogP contribution in [0, 0.1) is 5.82 Å². The van der Waals surface area contributed by atoms with Gasteiger partial charge >= 0.3 is 0 Å². The summed E-state index contributed by atoms with van der Waals surface area (Å²) in [6.07, 6.45) is 3.37. The van der Waals surface area contributed by atoms with Crippen molar-refractivity contribution in [3.63, 3.8) is 0 Å². The maximum Gasteiger partial charge on any atom is 0.271 e. The molecule has 1 amide bonds. The number of anilines is 2. The van der Waals surface area contributed by atoms with Gasteiger partial charge < -0.3 is 16.8 Å². The highest BCUT2D eigenvalue weighted by atomic mass is 19.1. The first-order valence-electron chi connectivity index (χ1n) is 8.49. The summed E-state index contributed by atoms with van der Waals surface area (Å²) < 4.78 is 13.8. The van der Waals surface area contributed by atoms with Crippen LogP contribution in [0.2, 0.25) is 0 Å². The summed E-state index contributed by atoms with van der Waals surface area (Å²) in [6, 6.07) is 4.57. The third kappa shape index (κ3) is 3.93. The molecule has 7 heteroatoms. The fraction of sp³-hybridized carbons (Fsp3) is 0.389. The molecule has 132 valence electrons. The summed E-state index contributed by atoms with van der Waals surface area (Å²) in [6.45, 7) is 2.39. The summed E-state index contributed by atoms with van der Waals surface area (Å²) in [5.41, 5.74) is 14.0. The molecular formula is C18H22FN5O. The molecule has 0 saturated heterocycles. The summed E-state index contributed by atoms with van der Waals surface area (Å²) in [5, 5.41) is 3.01. The molecule has 1 aromatic heterocycles. The van der Waals surface area contributed by atoms with Gasteiger partial charge in [-0.15, -0.1) is 0 Å². The highest BCUT2D eigenvalue weighted by molar-refractivity contribution is 5.96. The molecule has 2 aromatic rings. The Labute approximate surface area is 145 Å². The Morgan fingerprint density at radius 1 is 1.32 bits per heavy atom. The Hall–Kier alpha value is -2.54. The zero-order chi connectivity index (χ0) is 18.0. The van der Waals surface area contributed by atoms with Crippen LogP contribution in [0.4, 0.5) is 15.9 Å². The first-order valence-corrected chi connectivity index (χ1v) is 8.49. The predicted molar refractivity (Wildman–Crippen MR) is 94.3 cm³/mol. The average molecular weight is 343 g/mol. The minimum absolute atomic E-state index is 0.0749. The Morgan fingerprint density at radius 2 is 2.08 bits per heavy atom. The lowest BCUT2D eigenvalue weighted by Crippen LogP contribution is -2.19. The second kappa shape index (κ2) is 7.14. The minimum Gasteiger partial charge on any atom is -0.364 e. The van der Waals surface area contributed by atoms with Crippen LogP contribution < -0.4 is 16.8 Å². The van der Waals surface area contributed by atoms with Crippen molar-refractivity contribution < 1.29 is 9.18 Å². The van der Waals surface area contributed by atoms with Gasteiger partial charge in [-0.2, -0.15) is 0 Å². The predicted octanol–water partition coefficient (Wildman–Crippen LogP) is 2.40. The Bertz CT molecular complexity index is 804. The number of carbonyl (C=O) groups excluding carboxylic acids is 1. The highest BCUT2D eigenvalue weighted by Crippen LogP contribution is 2.41.